The third-order valence-electron chi connectivity index (χ3n) is 4.37. The summed E-state index contributed by atoms with van der Waals surface area (Å²) in [5, 5.41) is 3.39. The van der Waals surface area contributed by atoms with Gasteiger partial charge < -0.3 is 11.1 Å². The van der Waals surface area contributed by atoms with Crippen LogP contribution in [0, 0.1) is 6.92 Å². The van der Waals surface area contributed by atoms with Gasteiger partial charge in [-0.05, 0) is 49.6 Å². The average molecular weight is 346 g/mol. The summed E-state index contributed by atoms with van der Waals surface area (Å²) < 4.78 is 0. The second kappa shape index (κ2) is 6.96. The highest BCUT2D eigenvalue weighted by molar-refractivity contribution is 5.94. The van der Waals surface area contributed by atoms with E-state index in [1.54, 1.807) is 30.6 Å². The standard InChI is InChI=1S/C21H22N4O/c1-14-7-4-5-10-18(14)21(2,3)25-20-23-12-17(13-24-20)15-8-6-9-16(11-15)19(22)26/h4-13H,1-3H3,(H2,22,26)(H,23,24,25). The molecule has 1 heterocycles. The van der Waals surface area contributed by atoms with E-state index >= 15 is 0 Å². The summed E-state index contributed by atoms with van der Waals surface area (Å²) in [6.45, 7) is 6.29. The van der Waals surface area contributed by atoms with Gasteiger partial charge in [-0.25, -0.2) is 9.97 Å². The van der Waals surface area contributed by atoms with E-state index in [1.807, 2.05) is 18.2 Å². The van der Waals surface area contributed by atoms with Gasteiger partial charge in [-0.2, -0.15) is 0 Å². The van der Waals surface area contributed by atoms with Crippen LogP contribution in [-0.2, 0) is 5.54 Å². The maximum absolute atomic E-state index is 11.3. The fraction of sp³-hybridized carbons (Fsp3) is 0.190. The van der Waals surface area contributed by atoms with Gasteiger partial charge in [-0.15, -0.1) is 0 Å². The Morgan fingerprint density at radius 2 is 1.69 bits per heavy atom. The Bertz CT molecular complexity index is 933. The van der Waals surface area contributed by atoms with Crippen LogP contribution in [-0.4, -0.2) is 15.9 Å². The fourth-order valence-electron chi connectivity index (χ4n) is 3.01. The van der Waals surface area contributed by atoms with Gasteiger partial charge in [0, 0.05) is 23.5 Å². The van der Waals surface area contributed by atoms with Crippen LogP contribution in [0.5, 0.6) is 0 Å². The Morgan fingerprint density at radius 1 is 1.00 bits per heavy atom. The van der Waals surface area contributed by atoms with Crippen molar-refractivity contribution in [1.29, 1.82) is 0 Å². The molecule has 5 nitrogen and oxygen atoms in total. The molecule has 0 radical (unpaired) electrons. The van der Waals surface area contributed by atoms with Crippen LogP contribution in [0.25, 0.3) is 11.1 Å². The number of nitrogens with two attached hydrogens (primary N) is 1. The van der Waals surface area contributed by atoms with Crippen LogP contribution < -0.4 is 11.1 Å². The number of aryl methyl sites for hydroxylation is 1. The van der Waals surface area contributed by atoms with Gasteiger partial charge in [-0.1, -0.05) is 36.4 Å². The molecule has 0 saturated carbocycles. The molecule has 0 unspecified atom stereocenters. The highest BCUT2D eigenvalue weighted by atomic mass is 16.1. The van der Waals surface area contributed by atoms with E-state index in [-0.39, 0.29) is 5.54 Å². The number of nitrogens with one attached hydrogen (secondary N) is 1. The number of amides is 1. The summed E-state index contributed by atoms with van der Waals surface area (Å²) in [7, 11) is 0. The van der Waals surface area contributed by atoms with E-state index in [0.717, 1.165) is 11.1 Å². The number of aromatic nitrogens is 2. The molecule has 0 aliphatic heterocycles. The van der Waals surface area contributed by atoms with Crippen molar-refractivity contribution in [2.24, 2.45) is 5.73 Å². The molecule has 132 valence electrons. The Kier molecular flexibility index (Phi) is 4.71. The van der Waals surface area contributed by atoms with Crippen molar-refractivity contribution in [1.82, 2.24) is 9.97 Å². The molecule has 26 heavy (non-hydrogen) atoms. The van der Waals surface area contributed by atoms with Gasteiger partial charge in [0.1, 0.15) is 0 Å². The summed E-state index contributed by atoms with van der Waals surface area (Å²) in [5.41, 5.74) is 9.59. The number of anilines is 1. The molecule has 0 aliphatic carbocycles. The monoisotopic (exact) mass is 346 g/mol. The summed E-state index contributed by atoms with van der Waals surface area (Å²) in [5.74, 6) is 0.0964. The molecule has 1 aromatic heterocycles. The van der Waals surface area contributed by atoms with E-state index in [0.29, 0.717) is 11.5 Å². The lowest BCUT2D eigenvalue weighted by atomic mass is 9.90. The number of primary amides is 1. The lowest BCUT2D eigenvalue weighted by Gasteiger charge is -2.28. The largest absolute Gasteiger partial charge is 0.366 e. The zero-order chi connectivity index (χ0) is 18.7. The Morgan fingerprint density at radius 3 is 2.35 bits per heavy atom. The van der Waals surface area contributed by atoms with Crippen molar-refractivity contribution in [3.05, 3.63) is 77.6 Å². The van der Waals surface area contributed by atoms with Crippen LogP contribution >= 0.6 is 0 Å². The smallest absolute Gasteiger partial charge is 0.248 e. The predicted molar refractivity (Wildman–Crippen MR) is 104 cm³/mol. The van der Waals surface area contributed by atoms with Gasteiger partial charge in [0.05, 0.1) is 5.54 Å². The fourth-order valence-corrected chi connectivity index (χ4v) is 3.01. The van der Waals surface area contributed by atoms with Gasteiger partial charge in [0.15, 0.2) is 0 Å². The Labute approximate surface area is 153 Å². The minimum absolute atomic E-state index is 0.307. The highest BCUT2D eigenvalue weighted by Crippen LogP contribution is 2.27. The van der Waals surface area contributed by atoms with Gasteiger partial charge in [-0.3, -0.25) is 4.79 Å². The summed E-state index contributed by atoms with van der Waals surface area (Å²) in [6.07, 6.45) is 3.48. The van der Waals surface area contributed by atoms with Gasteiger partial charge in [0.25, 0.3) is 0 Å². The molecule has 5 heteroatoms. The Hall–Kier alpha value is -3.21. The SMILES string of the molecule is Cc1ccccc1C(C)(C)Nc1ncc(-c2cccc(C(N)=O)c2)cn1. The molecule has 3 aromatic rings. The minimum atomic E-state index is -0.453. The molecule has 0 aliphatic rings. The molecule has 3 N–H and O–H groups in total. The van der Waals surface area contributed by atoms with E-state index < -0.39 is 5.91 Å². The molecule has 0 atom stereocenters. The highest BCUT2D eigenvalue weighted by Gasteiger charge is 2.22. The first-order valence-electron chi connectivity index (χ1n) is 8.43. The normalized spacial score (nSPS) is 11.2. The van der Waals surface area contributed by atoms with Crippen LogP contribution in [0.15, 0.2) is 60.9 Å². The molecule has 0 saturated heterocycles. The van der Waals surface area contributed by atoms with Gasteiger partial charge >= 0.3 is 0 Å². The Balaban J connectivity index is 1.83. The van der Waals surface area contributed by atoms with Crippen LogP contribution in [0.1, 0.15) is 35.3 Å². The van der Waals surface area contributed by atoms with Crippen molar-refractivity contribution < 1.29 is 4.79 Å². The third kappa shape index (κ3) is 3.72. The van der Waals surface area contributed by atoms with E-state index in [4.69, 9.17) is 5.73 Å². The first kappa shape index (κ1) is 17.6. The maximum Gasteiger partial charge on any atom is 0.248 e. The van der Waals surface area contributed by atoms with Crippen molar-refractivity contribution in [2.75, 3.05) is 5.32 Å². The predicted octanol–water partition coefficient (Wildman–Crippen LogP) is 3.90. The number of hydrogen-bond donors (Lipinski definition) is 2. The average Bonchev–Trinajstić information content (AvgIpc) is 2.62. The van der Waals surface area contributed by atoms with E-state index in [9.17, 15) is 4.79 Å². The molecule has 0 bridgehead atoms. The maximum atomic E-state index is 11.3. The summed E-state index contributed by atoms with van der Waals surface area (Å²) >= 11 is 0. The summed E-state index contributed by atoms with van der Waals surface area (Å²) in [6, 6.07) is 15.4. The summed E-state index contributed by atoms with van der Waals surface area (Å²) in [4.78, 5) is 20.2. The number of carbonyl (C=O) groups is 1. The quantitative estimate of drug-likeness (QED) is 0.734. The lowest BCUT2D eigenvalue weighted by Crippen LogP contribution is -2.29. The molecular weight excluding hydrogens is 324 g/mol. The van der Waals surface area contributed by atoms with E-state index in [1.165, 1.54) is 11.1 Å². The number of benzene rings is 2. The second-order valence-electron chi connectivity index (χ2n) is 6.81. The third-order valence-corrected chi connectivity index (χ3v) is 4.37. The zero-order valence-corrected chi connectivity index (χ0v) is 15.2. The molecule has 0 spiro atoms. The molecule has 3 rings (SSSR count). The van der Waals surface area contributed by atoms with Crippen molar-refractivity contribution in [3.8, 4) is 11.1 Å². The van der Waals surface area contributed by atoms with Crippen molar-refractivity contribution in [3.63, 3.8) is 0 Å². The molecule has 0 fully saturated rings. The topological polar surface area (TPSA) is 80.9 Å². The minimum Gasteiger partial charge on any atom is -0.366 e. The molecule has 1 amide bonds. The molecule has 2 aromatic carbocycles. The van der Waals surface area contributed by atoms with Crippen molar-refractivity contribution in [2.45, 2.75) is 26.3 Å². The number of rotatable bonds is 5. The first-order chi connectivity index (χ1) is 12.4. The number of nitrogens with zero attached hydrogens (tertiary/aromatic N) is 2. The second-order valence-corrected chi connectivity index (χ2v) is 6.81. The van der Waals surface area contributed by atoms with Crippen LogP contribution in [0.2, 0.25) is 0 Å². The van der Waals surface area contributed by atoms with E-state index in [2.05, 4.69) is 48.2 Å². The van der Waals surface area contributed by atoms with Crippen molar-refractivity contribution >= 4 is 11.9 Å². The molecular formula is C21H22N4O. The number of hydrogen-bond acceptors (Lipinski definition) is 4. The van der Waals surface area contributed by atoms with Crippen LogP contribution in [0.3, 0.4) is 0 Å². The van der Waals surface area contributed by atoms with Gasteiger partial charge in [0.2, 0.25) is 11.9 Å². The number of carbonyl (C=O) groups excluding carboxylic acids is 1. The van der Waals surface area contributed by atoms with Crippen LogP contribution in [0.4, 0.5) is 5.95 Å². The first-order valence-corrected chi connectivity index (χ1v) is 8.43. The lowest BCUT2D eigenvalue weighted by molar-refractivity contribution is 0.100. The zero-order valence-electron chi connectivity index (χ0n) is 15.2.